The van der Waals surface area contributed by atoms with Crippen molar-refractivity contribution in [1.82, 2.24) is 15.2 Å². The van der Waals surface area contributed by atoms with Gasteiger partial charge in [-0.1, -0.05) is 6.92 Å². The molecule has 1 aliphatic rings. The van der Waals surface area contributed by atoms with Crippen molar-refractivity contribution in [3.05, 3.63) is 35.0 Å². The Balaban J connectivity index is 2.20. The van der Waals surface area contributed by atoms with Gasteiger partial charge in [0.05, 0.1) is 0 Å². The SMILES string of the molecule is CCNC(C(=O)O)c1cn(CC)c2cc3c(cc12)CNC3. The lowest BCUT2D eigenvalue weighted by atomic mass is 10.0. The van der Waals surface area contributed by atoms with Gasteiger partial charge in [-0.2, -0.15) is 0 Å². The van der Waals surface area contributed by atoms with Gasteiger partial charge in [0.1, 0.15) is 6.04 Å². The predicted molar refractivity (Wildman–Crippen MR) is 82.2 cm³/mol. The van der Waals surface area contributed by atoms with Gasteiger partial charge in [0.25, 0.3) is 0 Å². The largest absolute Gasteiger partial charge is 0.480 e. The van der Waals surface area contributed by atoms with E-state index in [1.54, 1.807) is 0 Å². The van der Waals surface area contributed by atoms with Gasteiger partial charge in [0.15, 0.2) is 0 Å². The van der Waals surface area contributed by atoms with Crippen molar-refractivity contribution in [3.63, 3.8) is 0 Å². The lowest BCUT2D eigenvalue weighted by Crippen LogP contribution is -2.28. The Morgan fingerprint density at radius 2 is 2.10 bits per heavy atom. The maximum Gasteiger partial charge on any atom is 0.325 e. The molecule has 0 aliphatic carbocycles. The lowest BCUT2D eigenvalue weighted by Gasteiger charge is -2.12. The minimum Gasteiger partial charge on any atom is -0.480 e. The highest BCUT2D eigenvalue weighted by atomic mass is 16.4. The fourth-order valence-electron chi connectivity index (χ4n) is 3.14. The predicted octanol–water partition coefficient (Wildman–Crippen LogP) is 2.00. The number of aliphatic carboxylic acids is 1. The molecule has 3 N–H and O–H groups in total. The van der Waals surface area contributed by atoms with Crippen LogP contribution in [0.4, 0.5) is 0 Å². The zero-order valence-electron chi connectivity index (χ0n) is 12.4. The minimum atomic E-state index is -0.828. The fourth-order valence-corrected chi connectivity index (χ4v) is 3.14. The Labute approximate surface area is 124 Å². The number of nitrogens with zero attached hydrogens (tertiary/aromatic N) is 1. The van der Waals surface area contributed by atoms with Crippen molar-refractivity contribution in [2.75, 3.05) is 6.54 Å². The molecule has 1 aromatic carbocycles. The molecular formula is C16H21N3O2. The zero-order valence-corrected chi connectivity index (χ0v) is 12.4. The first kappa shape index (κ1) is 14.1. The number of likely N-dealkylation sites (N-methyl/N-ethyl adjacent to an activating group) is 1. The number of hydrogen-bond acceptors (Lipinski definition) is 3. The first-order valence-corrected chi connectivity index (χ1v) is 7.47. The van der Waals surface area contributed by atoms with Crippen molar-refractivity contribution in [2.24, 2.45) is 0 Å². The standard InChI is InChI=1S/C16H21N3O2/c1-3-18-15(16(20)21)13-9-19(4-2)14-6-11-8-17-7-10(11)5-12(13)14/h5-6,9,15,17-18H,3-4,7-8H2,1-2H3,(H,20,21). The molecule has 1 atom stereocenters. The minimum absolute atomic E-state index is 0.627. The molecule has 0 spiro atoms. The molecule has 0 bridgehead atoms. The Kier molecular flexibility index (Phi) is 3.69. The van der Waals surface area contributed by atoms with Crippen LogP contribution in [0, 0.1) is 0 Å². The molecule has 3 rings (SSSR count). The van der Waals surface area contributed by atoms with Gasteiger partial charge in [-0.15, -0.1) is 0 Å². The van der Waals surface area contributed by atoms with E-state index >= 15 is 0 Å². The van der Waals surface area contributed by atoms with Crippen LogP contribution < -0.4 is 10.6 Å². The Hall–Kier alpha value is -1.85. The smallest absolute Gasteiger partial charge is 0.325 e. The summed E-state index contributed by atoms with van der Waals surface area (Å²) in [6, 6.07) is 3.69. The van der Waals surface area contributed by atoms with E-state index in [1.165, 1.54) is 11.1 Å². The van der Waals surface area contributed by atoms with Crippen molar-refractivity contribution < 1.29 is 9.90 Å². The normalized spacial score (nSPS) is 15.3. The second-order valence-electron chi connectivity index (χ2n) is 5.44. The number of carbonyl (C=O) groups is 1. The molecule has 5 nitrogen and oxygen atoms in total. The van der Waals surface area contributed by atoms with E-state index < -0.39 is 12.0 Å². The van der Waals surface area contributed by atoms with E-state index in [0.29, 0.717) is 6.54 Å². The number of hydrogen-bond donors (Lipinski definition) is 3. The second-order valence-corrected chi connectivity index (χ2v) is 5.44. The van der Waals surface area contributed by atoms with E-state index in [2.05, 4.69) is 34.3 Å². The second kappa shape index (κ2) is 5.50. The quantitative estimate of drug-likeness (QED) is 0.787. The van der Waals surface area contributed by atoms with Crippen LogP contribution in [0.15, 0.2) is 18.3 Å². The molecule has 0 fully saturated rings. The summed E-state index contributed by atoms with van der Waals surface area (Å²) in [5, 5.41) is 17.0. The van der Waals surface area contributed by atoms with E-state index in [1.807, 2.05) is 13.1 Å². The van der Waals surface area contributed by atoms with Crippen LogP contribution >= 0.6 is 0 Å². The maximum absolute atomic E-state index is 11.6. The number of fused-ring (bicyclic) bond motifs is 2. The van der Waals surface area contributed by atoms with E-state index in [9.17, 15) is 9.90 Å². The Morgan fingerprint density at radius 1 is 1.38 bits per heavy atom. The number of aromatic nitrogens is 1. The van der Waals surface area contributed by atoms with Crippen molar-refractivity contribution in [2.45, 2.75) is 39.5 Å². The third kappa shape index (κ3) is 2.32. The lowest BCUT2D eigenvalue weighted by molar-refractivity contribution is -0.139. The van der Waals surface area contributed by atoms with E-state index in [4.69, 9.17) is 0 Å². The van der Waals surface area contributed by atoms with Gasteiger partial charge in [-0.3, -0.25) is 4.79 Å². The summed E-state index contributed by atoms with van der Waals surface area (Å²) in [6.07, 6.45) is 1.98. The Bertz CT molecular complexity index is 690. The molecule has 0 amide bonds. The topological polar surface area (TPSA) is 66.3 Å². The van der Waals surface area contributed by atoms with Gasteiger partial charge >= 0.3 is 5.97 Å². The van der Waals surface area contributed by atoms with Crippen LogP contribution in [0.1, 0.15) is 36.6 Å². The van der Waals surface area contributed by atoms with Crippen molar-refractivity contribution in [3.8, 4) is 0 Å². The van der Waals surface area contributed by atoms with Crippen LogP contribution in [-0.4, -0.2) is 22.2 Å². The highest BCUT2D eigenvalue weighted by molar-refractivity contribution is 5.91. The molecule has 0 radical (unpaired) electrons. The van der Waals surface area contributed by atoms with Gasteiger partial charge in [-0.25, -0.2) is 0 Å². The first-order chi connectivity index (χ1) is 10.2. The summed E-state index contributed by atoms with van der Waals surface area (Å²) in [6.45, 7) is 7.23. The highest BCUT2D eigenvalue weighted by Crippen LogP contribution is 2.31. The first-order valence-electron chi connectivity index (χ1n) is 7.47. The van der Waals surface area contributed by atoms with E-state index in [-0.39, 0.29) is 0 Å². The number of carboxylic acids is 1. The van der Waals surface area contributed by atoms with Gasteiger partial charge in [0, 0.05) is 42.3 Å². The number of carboxylic acid groups (broad SMARTS) is 1. The molecule has 1 aromatic heterocycles. The third-order valence-electron chi connectivity index (χ3n) is 4.17. The summed E-state index contributed by atoms with van der Waals surface area (Å²) in [5.74, 6) is -0.828. The summed E-state index contributed by atoms with van der Waals surface area (Å²) >= 11 is 0. The molecule has 1 unspecified atom stereocenters. The summed E-state index contributed by atoms with van der Waals surface area (Å²) in [4.78, 5) is 11.6. The number of nitrogens with one attached hydrogen (secondary N) is 2. The average molecular weight is 287 g/mol. The van der Waals surface area contributed by atoms with Gasteiger partial charge < -0.3 is 20.3 Å². The number of aryl methyl sites for hydroxylation is 1. The molecule has 0 saturated carbocycles. The third-order valence-corrected chi connectivity index (χ3v) is 4.17. The van der Waals surface area contributed by atoms with Crippen LogP contribution in [0.25, 0.3) is 10.9 Å². The van der Waals surface area contributed by atoms with E-state index in [0.717, 1.165) is 36.1 Å². The molecule has 112 valence electrons. The molecular weight excluding hydrogens is 266 g/mol. The molecule has 0 saturated heterocycles. The van der Waals surface area contributed by atoms with Crippen molar-refractivity contribution in [1.29, 1.82) is 0 Å². The van der Waals surface area contributed by atoms with Crippen LogP contribution in [-0.2, 0) is 24.4 Å². The van der Waals surface area contributed by atoms with Gasteiger partial charge in [0.2, 0.25) is 0 Å². The summed E-state index contributed by atoms with van der Waals surface area (Å²) < 4.78 is 2.14. The molecule has 21 heavy (non-hydrogen) atoms. The van der Waals surface area contributed by atoms with Crippen molar-refractivity contribution >= 4 is 16.9 Å². The Morgan fingerprint density at radius 3 is 2.71 bits per heavy atom. The zero-order chi connectivity index (χ0) is 15.0. The molecule has 2 aromatic rings. The molecule has 2 heterocycles. The molecule has 1 aliphatic heterocycles. The summed E-state index contributed by atoms with van der Waals surface area (Å²) in [7, 11) is 0. The monoisotopic (exact) mass is 287 g/mol. The molecule has 5 heteroatoms. The maximum atomic E-state index is 11.6. The van der Waals surface area contributed by atoms with Gasteiger partial charge in [-0.05, 0) is 36.7 Å². The van der Waals surface area contributed by atoms with Crippen LogP contribution in [0.3, 0.4) is 0 Å². The number of benzene rings is 1. The summed E-state index contributed by atoms with van der Waals surface area (Å²) in [5.41, 5.74) is 4.57. The van der Waals surface area contributed by atoms with Crippen LogP contribution in [0.5, 0.6) is 0 Å². The average Bonchev–Trinajstić information content (AvgIpc) is 3.05. The van der Waals surface area contributed by atoms with Crippen LogP contribution in [0.2, 0.25) is 0 Å². The fraction of sp³-hybridized carbons (Fsp3) is 0.438. The highest BCUT2D eigenvalue weighted by Gasteiger charge is 2.24. The number of rotatable bonds is 5.